The highest BCUT2D eigenvalue weighted by atomic mass is 28.4. The van der Waals surface area contributed by atoms with Gasteiger partial charge in [-0.1, -0.05) is 86.3 Å². The Hall–Kier alpha value is -0.246. The Morgan fingerprint density at radius 3 is 1.03 bits per heavy atom. The quantitative estimate of drug-likeness (QED) is 0.104. The smallest absolute Gasteiger partial charge is 0.370 e. The van der Waals surface area contributed by atoms with Crippen molar-refractivity contribution in [1.82, 2.24) is 0 Å². The van der Waals surface area contributed by atoms with Crippen molar-refractivity contribution >= 4 is 17.1 Å². The van der Waals surface area contributed by atoms with Crippen molar-refractivity contribution in [2.75, 3.05) is 26.4 Å². The first-order valence-electron chi connectivity index (χ1n) is 14.0. The Morgan fingerprint density at radius 2 is 0.818 bits per heavy atom. The first-order valence-corrected chi connectivity index (χ1v) is 17.9. The van der Waals surface area contributed by atoms with Gasteiger partial charge in [-0.25, -0.2) is 0 Å². The van der Waals surface area contributed by atoms with Crippen molar-refractivity contribution in [1.29, 1.82) is 0 Å². The SMILES string of the molecule is CCC=C[Si](OCCCC)(OCCCC)C(CC)[Si](C=CCC)(OCCCC)OCCCC. The van der Waals surface area contributed by atoms with E-state index in [9.17, 15) is 0 Å². The summed E-state index contributed by atoms with van der Waals surface area (Å²) in [5.41, 5.74) is 4.64. The van der Waals surface area contributed by atoms with Crippen LogP contribution in [0.4, 0.5) is 0 Å². The molecule has 0 unspecified atom stereocenters. The molecule has 0 rings (SSSR count). The van der Waals surface area contributed by atoms with Gasteiger partial charge in [-0.15, -0.1) is 0 Å². The van der Waals surface area contributed by atoms with Crippen molar-refractivity contribution in [2.45, 2.75) is 124 Å². The standard InChI is InChI=1S/C27H56O4Si2/c1-8-15-21-28-32(25-19-12-5,29-22-16-9-2)27(14-7)33(26-20-13-6,30-23-17-10-3)31-24-18-11-4/h19-20,25-27H,8-18,21-24H2,1-7H3. The maximum Gasteiger partial charge on any atom is 0.370 e. The third-order valence-corrected chi connectivity index (χ3v) is 15.0. The molecule has 4 nitrogen and oxygen atoms in total. The molecule has 6 heteroatoms. The number of hydrogen-bond acceptors (Lipinski definition) is 4. The molecule has 196 valence electrons. The Balaban J connectivity index is 6.53. The molecule has 0 aliphatic heterocycles. The third-order valence-electron chi connectivity index (χ3n) is 5.85. The van der Waals surface area contributed by atoms with Crippen LogP contribution in [0.25, 0.3) is 0 Å². The molecule has 0 heterocycles. The molecule has 0 aliphatic carbocycles. The monoisotopic (exact) mass is 500 g/mol. The Labute approximate surface area is 209 Å². The summed E-state index contributed by atoms with van der Waals surface area (Å²) in [4.78, 5) is 0. The van der Waals surface area contributed by atoms with E-state index in [1.54, 1.807) is 0 Å². The van der Waals surface area contributed by atoms with E-state index in [0.29, 0.717) is 0 Å². The molecule has 0 saturated carbocycles. The van der Waals surface area contributed by atoms with Crippen LogP contribution in [0.3, 0.4) is 0 Å². The van der Waals surface area contributed by atoms with E-state index < -0.39 is 17.1 Å². The minimum absolute atomic E-state index is 0.151. The van der Waals surface area contributed by atoms with Crippen LogP contribution in [0.2, 0.25) is 5.16 Å². The fourth-order valence-electron chi connectivity index (χ4n) is 3.83. The molecule has 0 aromatic rings. The summed E-state index contributed by atoms with van der Waals surface area (Å²) in [7, 11) is -5.49. The second kappa shape index (κ2) is 21.1. The predicted molar refractivity (Wildman–Crippen MR) is 148 cm³/mol. The average Bonchev–Trinajstić information content (AvgIpc) is 2.82. The van der Waals surface area contributed by atoms with E-state index >= 15 is 0 Å². The minimum atomic E-state index is -2.75. The van der Waals surface area contributed by atoms with Crippen LogP contribution in [0, 0.1) is 0 Å². The van der Waals surface area contributed by atoms with Crippen LogP contribution in [0.1, 0.15) is 119 Å². The average molecular weight is 501 g/mol. The lowest BCUT2D eigenvalue weighted by atomic mass is 10.4. The summed E-state index contributed by atoms with van der Waals surface area (Å²) in [6.45, 7) is 18.5. The van der Waals surface area contributed by atoms with Crippen molar-refractivity contribution in [3.8, 4) is 0 Å². The molecule has 33 heavy (non-hydrogen) atoms. The zero-order chi connectivity index (χ0) is 24.8. The fourth-order valence-corrected chi connectivity index (χ4v) is 13.6. The molecule has 0 aromatic carbocycles. The van der Waals surface area contributed by atoms with Gasteiger partial charge in [0.2, 0.25) is 0 Å². The lowest BCUT2D eigenvalue weighted by Gasteiger charge is -2.43. The maximum absolute atomic E-state index is 6.84. The maximum atomic E-state index is 6.84. The Bertz CT molecular complexity index is 435. The van der Waals surface area contributed by atoms with Crippen LogP contribution in [0.5, 0.6) is 0 Å². The molecule has 0 atom stereocenters. The topological polar surface area (TPSA) is 36.9 Å². The van der Waals surface area contributed by atoms with Crippen LogP contribution in [-0.2, 0) is 17.7 Å². The third kappa shape index (κ3) is 12.3. The number of rotatable bonds is 23. The molecule has 0 aliphatic rings. The molecule has 0 saturated heterocycles. The summed E-state index contributed by atoms with van der Waals surface area (Å²) in [6.07, 6.45) is 16.1. The lowest BCUT2D eigenvalue weighted by molar-refractivity contribution is 0.141. The van der Waals surface area contributed by atoms with Crippen LogP contribution in [0.15, 0.2) is 23.6 Å². The highest BCUT2D eigenvalue weighted by molar-refractivity contribution is 6.93. The van der Waals surface area contributed by atoms with E-state index in [0.717, 1.165) is 97.1 Å². The van der Waals surface area contributed by atoms with Gasteiger partial charge in [-0.3, -0.25) is 0 Å². The number of hydrogen-bond donors (Lipinski definition) is 0. The van der Waals surface area contributed by atoms with Gasteiger partial charge in [0.1, 0.15) is 0 Å². The molecule has 0 spiro atoms. The van der Waals surface area contributed by atoms with Gasteiger partial charge in [0, 0.05) is 26.4 Å². The summed E-state index contributed by atoms with van der Waals surface area (Å²) < 4.78 is 27.4. The van der Waals surface area contributed by atoms with E-state index in [4.69, 9.17) is 17.7 Å². The van der Waals surface area contributed by atoms with Crippen LogP contribution in [-0.4, -0.2) is 43.5 Å². The van der Waals surface area contributed by atoms with Gasteiger partial charge in [0.05, 0.1) is 5.16 Å². The number of unbranched alkanes of at least 4 members (excludes halogenated alkanes) is 4. The van der Waals surface area contributed by atoms with E-state index in [2.05, 4.69) is 72.0 Å². The van der Waals surface area contributed by atoms with E-state index in [1.807, 2.05) is 0 Å². The molecular formula is C27H56O4Si2. The number of allylic oxidation sites excluding steroid dienone is 2. The fraction of sp³-hybridized carbons (Fsp3) is 0.852. The summed E-state index contributed by atoms with van der Waals surface area (Å²) in [6, 6.07) is 0. The zero-order valence-electron chi connectivity index (χ0n) is 23.1. The zero-order valence-corrected chi connectivity index (χ0v) is 25.1. The molecule has 0 fully saturated rings. The highest BCUT2D eigenvalue weighted by Gasteiger charge is 2.58. The summed E-state index contributed by atoms with van der Waals surface area (Å²) in [5.74, 6) is 0. The molecule has 0 N–H and O–H groups in total. The largest absolute Gasteiger partial charge is 0.391 e. The van der Waals surface area contributed by atoms with E-state index in [-0.39, 0.29) is 5.16 Å². The minimum Gasteiger partial charge on any atom is -0.391 e. The van der Waals surface area contributed by atoms with E-state index in [1.165, 1.54) is 0 Å². The van der Waals surface area contributed by atoms with Gasteiger partial charge in [-0.2, -0.15) is 0 Å². The molecule has 0 radical (unpaired) electrons. The molecular weight excluding hydrogens is 444 g/mol. The summed E-state index contributed by atoms with van der Waals surface area (Å²) in [5, 5.41) is 0.151. The van der Waals surface area contributed by atoms with Gasteiger partial charge in [0.15, 0.2) is 0 Å². The molecule has 0 amide bonds. The van der Waals surface area contributed by atoms with Gasteiger partial charge >= 0.3 is 17.1 Å². The molecule has 0 bridgehead atoms. The van der Waals surface area contributed by atoms with Crippen molar-refractivity contribution in [3.63, 3.8) is 0 Å². The van der Waals surface area contributed by atoms with Crippen molar-refractivity contribution in [3.05, 3.63) is 23.6 Å². The highest BCUT2D eigenvalue weighted by Crippen LogP contribution is 2.40. The first-order chi connectivity index (χ1) is 16.1. The first kappa shape index (κ1) is 32.8. The van der Waals surface area contributed by atoms with Gasteiger partial charge in [-0.05, 0) is 56.3 Å². The molecule has 0 aromatic heterocycles. The lowest BCUT2D eigenvalue weighted by Crippen LogP contribution is -2.60. The second-order valence-corrected chi connectivity index (χ2v) is 15.5. The second-order valence-electron chi connectivity index (χ2n) is 8.83. The Kier molecular flexibility index (Phi) is 20.9. The van der Waals surface area contributed by atoms with Crippen molar-refractivity contribution in [2.24, 2.45) is 0 Å². The predicted octanol–water partition coefficient (Wildman–Crippen LogP) is 8.47. The Morgan fingerprint density at radius 1 is 0.515 bits per heavy atom. The summed E-state index contributed by atoms with van der Waals surface area (Å²) >= 11 is 0. The van der Waals surface area contributed by atoms with Crippen LogP contribution < -0.4 is 0 Å². The normalized spacial score (nSPS) is 14.0. The van der Waals surface area contributed by atoms with Crippen molar-refractivity contribution < 1.29 is 17.7 Å². The van der Waals surface area contributed by atoms with Gasteiger partial charge < -0.3 is 17.7 Å². The van der Waals surface area contributed by atoms with Crippen LogP contribution >= 0.6 is 0 Å². The van der Waals surface area contributed by atoms with Gasteiger partial charge in [0.25, 0.3) is 0 Å².